The summed E-state index contributed by atoms with van der Waals surface area (Å²) in [5, 5.41) is 6.80. The van der Waals surface area contributed by atoms with Crippen molar-refractivity contribution in [2.24, 2.45) is 4.99 Å². The molecule has 1 aliphatic heterocycles. The van der Waals surface area contributed by atoms with Gasteiger partial charge < -0.3 is 19.8 Å². The van der Waals surface area contributed by atoms with Crippen LogP contribution < -0.4 is 15.4 Å². The van der Waals surface area contributed by atoms with Crippen molar-refractivity contribution in [1.82, 2.24) is 15.5 Å². The first kappa shape index (κ1) is 18.3. The second kappa shape index (κ2) is 9.29. The van der Waals surface area contributed by atoms with E-state index in [1.807, 2.05) is 24.3 Å². The van der Waals surface area contributed by atoms with Crippen LogP contribution in [0.15, 0.2) is 52.1 Å². The van der Waals surface area contributed by atoms with Crippen LogP contribution in [0.25, 0.3) is 0 Å². The third kappa shape index (κ3) is 4.79. The molecule has 2 N–H and O–H groups in total. The summed E-state index contributed by atoms with van der Waals surface area (Å²) in [6.45, 7) is 3.67. The fourth-order valence-corrected chi connectivity index (χ4v) is 3.33. The Morgan fingerprint density at radius 2 is 2.08 bits per heavy atom. The van der Waals surface area contributed by atoms with Gasteiger partial charge in [-0.15, -0.1) is 0 Å². The minimum Gasteiger partial charge on any atom is -0.497 e. The van der Waals surface area contributed by atoms with Crippen LogP contribution >= 0.6 is 0 Å². The van der Waals surface area contributed by atoms with Crippen molar-refractivity contribution in [2.75, 3.05) is 33.8 Å². The summed E-state index contributed by atoms with van der Waals surface area (Å²) in [6.07, 6.45) is 4.24. The van der Waals surface area contributed by atoms with Crippen LogP contribution in [0.2, 0.25) is 0 Å². The number of benzene rings is 1. The van der Waals surface area contributed by atoms with Crippen molar-refractivity contribution >= 4 is 5.96 Å². The molecule has 0 saturated carbocycles. The minimum atomic E-state index is 0.225. The molecule has 0 aliphatic carbocycles. The molecule has 1 aromatic carbocycles. The predicted molar refractivity (Wildman–Crippen MR) is 103 cm³/mol. The lowest BCUT2D eigenvalue weighted by Crippen LogP contribution is -2.42. The van der Waals surface area contributed by atoms with Gasteiger partial charge in [-0.2, -0.15) is 0 Å². The van der Waals surface area contributed by atoms with E-state index in [1.54, 1.807) is 20.4 Å². The molecule has 1 aromatic heterocycles. The standard InChI is InChI=1S/C20H28N4O2/c1-21-20(22-14-16-7-5-8-17(13-16)25-2)23-15-18(19-9-6-12-26-19)24-10-3-4-11-24/h5-9,12-13,18H,3-4,10-11,14-15H2,1-2H3,(H2,21,22,23). The summed E-state index contributed by atoms with van der Waals surface area (Å²) < 4.78 is 10.9. The van der Waals surface area contributed by atoms with E-state index in [2.05, 4.69) is 32.7 Å². The lowest BCUT2D eigenvalue weighted by molar-refractivity contribution is 0.215. The molecule has 1 atom stereocenters. The van der Waals surface area contributed by atoms with Crippen LogP contribution in [0.4, 0.5) is 0 Å². The number of hydrogen-bond acceptors (Lipinski definition) is 4. The van der Waals surface area contributed by atoms with Crippen LogP contribution in [0, 0.1) is 0 Å². The van der Waals surface area contributed by atoms with Gasteiger partial charge in [0.15, 0.2) is 5.96 Å². The zero-order valence-electron chi connectivity index (χ0n) is 15.6. The van der Waals surface area contributed by atoms with E-state index in [-0.39, 0.29) is 6.04 Å². The van der Waals surface area contributed by atoms with Crippen LogP contribution in [-0.4, -0.2) is 44.7 Å². The first-order chi connectivity index (χ1) is 12.8. The van der Waals surface area contributed by atoms with E-state index in [0.717, 1.165) is 42.7 Å². The molecule has 3 rings (SSSR count). The maximum Gasteiger partial charge on any atom is 0.191 e. The van der Waals surface area contributed by atoms with Gasteiger partial charge in [0.2, 0.25) is 0 Å². The molecule has 2 aromatic rings. The van der Waals surface area contributed by atoms with Crippen LogP contribution in [-0.2, 0) is 6.54 Å². The summed E-state index contributed by atoms with van der Waals surface area (Å²) >= 11 is 0. The molecule has 1 aliphatic rings. The molecular weight excluding hydrogens is 328 g/mol. The Morgan fingerprint density at radius 1 is 1.23 bits per heavy atom. The minimum absolute atomic E-state index is 0.225. The number of methoxy groups -OCH3 is 1. The highest BCUT2D eigenvalue weighted by atomic mass is 16.5. The Bertz CT molecular complexity index is 694. The number of likely N-dealkylation sites (tertiary alicyclic amines) is 1. The third-order valence-electron chi connectivity index (χ3n) is 4.73. The van der Waals surface area contributed by atoms with Crippen LogP contribution in [0.3, 0.4) is 0 Å². The van der Waals surface area contributed by atoms with E-state index >= 15 is 0 Å². The number of furan rings is 1. The first-order valence-electron chi connectivity index (χ1n) is 9.15. The molecule has 26 heavy (non-hydrogen) atoms. The summed E-state index contributed by atoms with van der Waals surface area (Å²) in [5.41, 5.74) is 1.15. The molecule has 1 saturated heterocycles. The Morgan fingerprint density at radius 3 is 2.77 bits per heavy atom. The molecule has 2 heterocycles. The maximum atomic E-state index is 5.67. The Labute approximate surface area is 155 Å². The highest BCUT2D eigenvalue weighted by Gasteiger charge is 2.25. The van der Waals surface area contributed by atoms with E-state index in [9.17, 15) is 0 Å². The molecule has 1 fully saturated rings. The van der Waals surface area contributed by atoms with Crippen LogP contribution in [0.1, 0.15) is 30.2 Å². The number of aliphatic imine (C=N–C) groups is 1. The lowest BCUT2D eigenvalue weighted by atomic mass is 10.2. The fourth-order valence-electron chi connectivity index (χ4n) is 3.33. The van der Waals surface area contributed by atoms with Gasteiger partial charge in [-0.25, -0.2) is 0 Å². The maximum absolute atomic E-state index is 5.67. The van der Waals surface area contributed by atoms with Gasteiger partial charge in [-0.1, -0.05) is 12.1 Å². The number of rotatable bonds is 7. The largest absolute Gasteiger partial charge is 0.497 e. The summed E-state index contributed by atoms with van der Waals surface area (Å²) in [4.78, 5) is 6.81. The van der Waals surface area contributed by atoms with Gasteiger partial charge in [0.25, 0.3) is 0 Å². The molecule has 0 spiro atoms. The summed E-state index contributed by atoms with van der Waals surface area (Å²) in [7, 11) is 3.47. The average Bonchev–Trinajstić information content (AvgIpc) is 3.39. The number of nitrogens with zero attached hydrogens (tertiary/aromatic N) is 2. The van der Waals surface area contributed by atoms with Gasteiger partial charge >= 0.3 is 0 Å². The van der Waals surface area contributed by atoms with E-state index in [0.29, 0.717) is 6.54 Å². The lowest BCUT2D eigenvalue weighted by Gasteiger charge is -2.26. The third-order valence-corrected chi connectivity index (χ3v) is 4.73. The zero-order valence-corrected chi connectivity index (χ0v) is 15.6. The van der Waals surface area contributed by atoms with Crippen molar-refractivity contribution in [1.29, 1.82) is 0 Å². The molecule has 6 heteroatoms. The quantitative estimate of drug-likeness (QED) is 0.590. The molecule has 0 radical (unpaired) electrons. The molecule has 6 nitrogen and oxygen atoms in total. The monoisotopic (exact) mass is 356 g/mol. The molecule has 0 amide bonds. The highest BCUT2D eigenvalue weighted by molar-refractivity contribution is 5.79. The number of hydrogen-bond donors (Lipinski definition) is 2. The average molecular weight is 356 g/mol. The zero-order chi connectivity index (χ0) is 18.2. The Balaban J connectivity index is 1.56. The Kier molecular flexibility index (Phi) is 6.55. The second-order valence-electron chi connectivity index (χ2n) is 6.43. The topological polar surface area (TPSA) is 62.0 Å². The Hall–Kier alpha value is -2.47. The van der Waals surface area contributed by atoms with Crippen molar-refractivity contribution in [2.45, 2.75) is 25.4 Å². The van der Waals surface area contributed by atoms with E-state index in [1.165, 1.54) is 12.8 Å². The smallest absolute Gasteiger partial charge is 0.191 e. The molecule has 0 bridgehead atoms. The van der Waals surface area contributed by atoms with Crippen molar-refractivity contribution < 1.29 is 9.15 Å². The van der Waals surface area contributed by atoms with Gasteiger partial charge in [0.1, 0.15) is 11.5 Å². The van der Waals surface area contributed by atoms with Crippen molar-refractivity contribution in [3.63, 3.8) is 0 Å². The molecule has 140 valence electrons. The fraction of sp³-hybridized carbons (Fsp3) is 0.450. The number of ether oxygens (including phenoxy) is 1. The SMILES string of the molecule is CN=C(NCc1cccc(OC)c1)NCC(c1ccco1)N1CCCC1. The summed E-state index contributed by atoms with van der Waals surface area (Å²) in [5.74, 6) is 2.64. The van der Waals surface area contributed by atoms with Crippen molar-refractivity contribution in [3.8, 4) is 5.75 Å². The van der Waals surface area contributed by atoms with Crippen molar-refractivity contribution in [3.05, 3.63) is 54.0 Å². The second-order valence-corrected chi connectivity index (χ2v) is 6.43. The van der Waals surface area contributed by atoms with Gasteiger partial charge in [-0.3, -0.25) is 9.89 Å². The normalized spacial score (nSPS) is 16.5. The van der Waals surface area contributed by atoms with Gasteiger partial charge in [0, 0.05) is 20.1 Å². The molecule has 1 unspecified atom stereocenters. The predicted octanol–water partition coefficient (Wildman–Crippen LogP) is 2.79. The first-order valence-corrected chi connectivity index (χ1v) is 9.15. The molecular formula is C20H28N4O2. The van der Waals surface area contributed by atoms with E-state index in [4.69, 9.17) is 9.15 Å². The van der Waals surface area contributed by atoms with E-state index < -0.39 is 0 Å². The highest BCUT2D eigenvalue weighted by Crippen LogP contribution is 2.24. The van der Waals surface area contributed by atoms with Crippen LogP contribution in [0.5, 0.6) is 5.75 Å². The van der Waals surface area contributed by atoms with Gasteiger partial charge in [0.05, 0.1) is 19.4 Å². The number of nitrogens with one attached hydrogen (secondary N) is 2. The number of guanidine groups is 1. The summed E-state index contributed by atoms with van der Waals surface area (Å²) in [6, 6.07) is 12.3. The van der Waals surface area contributed by atoms with Gasteiger partial charge in [-0.05, 0) is 55.8 Å².